The number of benzene rings is 2. The van der Waals surface area contributed by atoms with E-state index < -0.39 is 23.7 Å². The van der Waals surface area contributed by atoms with Crippen molar-refractivity contribution in [2.24, 2.45) is 11.8 Å². The van der Waals surface area contributed by atoms with Gasteiger partial charge in [0, 0.05) is 6.42 Å². The molecular formula is C28H34N4O6. The molecule has 1 N–H and O–H groups in total. The smallest absolute Gasteiger partial charge is 0.408 e. The molecule has 1 unspecified atom stereocenters. The van der Waals surface area contributed by atoms with Crippen molar-refractivity contribution in [2.45, 2.75) is 70.6 Å². The second-order valence-corrected chi connectivity index (χ2v) is 11.0. The summed E-state index contributed by atoms with van der Waals surface area (Å²) in [5, 5.41) is 10.7. The zero-order valence-corrected chi connectivity index (χ0v) is 22.0. The number of alkyl carbamates (subject to hydrolysis) is 1. The van der Waals surface area contributed by atoms with E-state index in [1.54, 1.807) is 32.9 Å². The summed E-state index contributed by atoms with van der Waals surface area (Å²) in [4.78, 5) is 32.6. The third kappa shape index (κ3) is 6.93. The topological polar surface area (TPSA) is 114 Å². The molecule has 5 rings (SSSR count). The minimum absolute atomic E-state index is 0.0525. The number of rotatable bonds is 11. The Balaban J connectivity index is 1.19. The van der Waals surface area contributed by atoms with Gasteiger partial charge in [-0.15, -0.1) is 5.10 Å². The standard InChI is InChI=1S/C28H34N4O6/c1-28(2,3)38-27(34)29-23(26(33)37-25(19-10-11-19)20-12-13-20)16-18-8-14-21(15-9-18)35-17-36-32-24-7-5-4-6-22(24)30-31-32/h4-9,14-15,19-20,23,25H,10-13,16-17H2,1-3H3,(H,29,34). The highest BCUT2D eigenvalue weighted by atomic mass is 16.8. The van der Waals surface area contributed by atoms with Crippen LogP contribution in [0.3, 0.4) is 0 Å². The Morgan fingerprint density at radius 1 is 1.03 bits per heavy atom. The van der Waals surface area contributed by atoms with Crippen LogP contribution in [0.2, 0.25) is 0 Å². The van der Waals surface area contributed by atoms with Gasteiger partial charge in [0.15, 0.2) is 0 Å². The number of carbonyl (C=O) groups excluding carboxylic acids is 2. The second kappa shape index (κ2) is 10.9. The number of carbonyl (C=O) groups is 2. The van der Waals surface area contributed by atoms with E-state index in [2.05, 4.69) is 15.6 Å². The summed E-state index contributed by atoms with van der Waals surface area (Å²) >= 11 is 0. The first-order valence-corrected chi connectivity index (χ1v) is 13.1. The number of esters is 1. The van der Waals surface area contributed by atoms with Crippen LogP contribution in [0.1, 0.15) is 52.0 Å². The van der Waals surface area contributed by atoms with Gasteiger partial charge in [-0.2, -0.15) is 0 Å². The lowest BCUT2D eigenvalue weighted by Crippen LogP contribution is -2.46. The van der Waals surface area contributed by atoms with Gasteiger partial charge in [0.05, 0.1) is 0 Å². The lowest BCUT2D eigenvalue weighted by Gasteiger charge is -2.25. The number of fused-ring (bicyclic) bond motifs is 1. The Kier molecular flexibility index (Phi) is 7.40. The molecule has 2 aliphatic carbocycles. The highest BCUT2D eigenvalue weighted by molar-refractivity contribution is 5.82. The van der Waals surface area contributed by atoms with Gasteiger partial charge in [-0.3, -0.25) is 0 Å². The average Bonchev–Trinajstić information content (AvgIpc) is 3.80. The number of hydrogen-bond donors (Lipinski definition) is 1. The van der Waals surface area contributed by atoms with E-state index >= 15 is 0 Å². The van der Waals surface area contributed by atoms with E-state index in [4.69, 9.17) is 19.0 Å². The van der Waals surface area contributed by atoms with Gasteiger partial charge in [-0.25, -0.2) is 9.59 Å². The maximum atomic E-state index is 13.2. The summed E-state index contributed by atoms with van der Waals surface area (Å²) < 4.78 is 17.0. The van der Waals surface area contributed by atoms with E-state index in [0.29, 0.717) is 17.6 Å². The third-order valence-electron chi connectivity index (χ3n) is 6.49. The molecule has 3 aromatic rings. The van der Waals surface area contributed by atoms with Gasteiger partial charge in [-0.1, -0.05) is 29.1 Å². The molecule has 0 bridgehead atoms. The van der Waals surface area contributed by atoms with Crippen molar-refractivity contribution in [3.63, 3.8) is 0 Å². The van der Waals surface area contributed by atoms with E-state index in [1.165, 1.54) is 4.85 Å². The lowest BCUT2D eigenvalue weighted by atomic mass is 10.1. The number of nitrogens with one attached hydrogen (secondary N) is 1. The molecule has 0 aliphatic heterocycles. The number of ether oxygens (including phenoxy) is 3. The molecule has 0 saturated heterocycles. The molecule has 2 aromatic carbocycles. The molecule has 1 aromatic heterocycles. The zero-order chi connectivity index (χ0) is 26.7. The van der Waals surface area contributed by atoms with Crippen LogP contribution in [0.25, 0.3) is 11.0 Å². The van der Waals surface area contributed by atoms with Crippen molar-refractivity contribution < 1.29 is 28.6 Å². The molecule has 2 fully saturated rings. The SMILES string of the molecule is CC(C)(C)OC(=O)NC(Cc1ccc(OCOn2nnc3ccccc32)cc1)C(=O)OC(C1CC1)C1CC1. The van der Waals surface area contributed by atoms with Crippen molar-refractivity contribution in [3.8, 4) is 5.75 Å². The van der Waals surface area contributed by atoms with Crippen LogP contribution < -0.4 is 14.9 Å². The van der Waals surface area contributed by atoms with E-state index in [1.807, 2.05) is 36.4 Å². The molecule has 0 spiro atoms. The Morgan fingerprint density at radius 3 is 2.37 bits per heavy atom. The number of para-hydroxylation sites is 1. The summed E-state index contributed by atoms with van der Waals surface area (Å²) in [6.07, 6.45) is 3.94. The van der Waals surface area contributed by atoms with E-state index in [9.17, 15) is 9.59 Å². The fraction of sp³-hybridized carbons (Fsp3) is 0.500. The largest absolute Gasteiger partial charge is 0.460 e. The Labute approximate surface area is 221 Å². The molecule has 38 heavy (non-hydrogen) atoms. The lowest BCUT2D eigenvalue weighted by molar-refractivity contribution is -0.154. The Bertz CT molecular complexity index is 1250. The Hall–Kier alpha value is -3.82. The summed E-state index contributed by atoms with van der Waals surface area (Å²) in [7, 11) is 0. The third-order valence-corrected chi connectivity index (χ3v) is 6.49. The maximum absolute atomic E-state index is 13.2. The van der Waals surface area contributed by atoms with Crippen molar-refractivity contribution >= 4 is 23.1 Å². The summed E-state index contributed by atoms with van der Waals surface area (Å²) in [6.45, 7) is 5.28. The molecule has 202 valence electrons. The van der Waals surface area contributed by atoms with E-state index in [-0.39, 0.29) is 19.3 Å². The number of amides is 1. The molecule has 1 heterocycles. The molecule has 1 atom stereocenters. The molecule has 2 aliphatic rings. The number of hydrogen-bond acceptors (Lipinski definition) is 8. The Morgan fingerprint density at radius 2 is 1.71 bits per heavy atom. The monoisotopic (exact) mass is 522 g/mol. The second-order valence-electron chi connectivity index (χ2n) is 11.0. The first-order valence-electron chi connectivity index (χ1n) is 13.1. The van der Waals surface area contributed by atoms with Crippen LogP contribution in [0.15, 0.2) is 48.5 Å². The van der Waals surface area contributed by atoms with E-state index in [0.717, 1.165) is 42.3 Å². The molecule has 2 saturated carbocycles. The average molecular weight is 523 g/mol. The van der Waals surface area contributed by atoms with Crippen molar-refractivity contribution in [1.82, 2.24) is 20.5 Å². The van der Waals surface area contributed by atoms with Gasteiger partial charge in [0.1, 0.15) is 34.5 Å². The first kappa shape index (κ1) is 25.8. The van der Waals surface area contributed by atoms with Gasteiger partial charge < -0.3 is 24.4 Å². The van der Waals surface area contributed by atoms with Crippen LogP contribution in [-0.2, 0) is 20.7 Å². The predicted octanol–water partition coefficient (Wildman–Crippen LogP) is 4.06. The van der Waals surface area contributed by atoms with Crippen LogP contribution in [0, 0.1) is 11.8 Å². The number of aromatic nitrogens is 3. The van der Waals surface area contributed by atoms with Crippen LogP contribution in [0.5, 0.6) is 5.75 Å². The molecule has 10 heteroatoms. The molecule has 1 amide bonds. The maximum Gasteiger partial charge on any atom is 0.408 e. The van der Waals surface area contributed by atoms with Crippen LogP contribution >= 0.6 is 0 Å². The van der Waals surface area contributed by atoms with Gasteiger partial charge in [-0.05, 0) is 93.3 Å². The summed E-state index contributed by atoms with van der Waals surface area (Å²) in [6, 6.07) is 13.9. The highest BCUT2D eigenvalue weighted by Gasteiger charge is 2.45. The van der Waals surface area contributed by atoms with Gasteiger partial charge >= 0.3 is 12.1 Å². The minimum atomic E-state index is -0.861. The number of nitrogens with zero attached hydrogens (tertiary/aromatic N) is 3. The predicted molar refractivity (Wildman–Crippen MR) is 138 cm³/mol. The zero-order valence-electron chi connectivity index (χ0n) is 22.0. The summed E-state index contributed by atoms with van der Waals surface area (Å²) in [5.74, 6) is 1.05. The summed E-state index contributed by atoms with van der Waals surface area (Å²) in [5.41, 5.74) is 1.63. The minimum Gasteiger partial charge on any atom is -0.460 e. The van der Waals surface area contributed by atoms with Crippen LogP contribution in [-0.4, -0.2) is 51.8 Å². The fourth-order valence-electron chi connectivity index (χ4n) is 4.33. The molecule has 0 radical (unpaired) electrons. The van der Waals surface area contributed by atoms with Crippen molar-refractivity contribution in [1.29, 1.82) is 0 Å². The quantitative estimate of drug-likeness (QED) is 0.296. The van der Waals surface area contributed by atoms with Crippen molar-refractivity contribution in [3.05, 3.63) is 54.1 Å². The first-order chi connectivity index (χ1) is 18.2. The van der Waals surface area contributed by atoms with Crippen LogP contribution in [0.4, 0.5) is 4.79 Å². The highest BCUT2D eigenvalue weighted by Crippen LogP contribution is 2.46. The molecule has 10 nitrogen and oxygen atoms in total. The normalized spacial score (nSPS) is 16.2. The van der Waals surface area contributed by atoms with Gasteiger partial charge in [0.2, 0.25) is 0 Å². The fourth-order valence-corrected chi connectivity index (χ4v) is 4.33. The molecular weight excluding hydrogens is 488 g/mol. The van der Waals surface area contributed by atoms with Crippen molar-refractivity contribution in [2.75, 3.05) is 6.79 Å². The van der Waals surface area contributed by atoms with Gasteiger partial charge in [0.25, 0.3) is 6.79 Å².